The molecule has 0 amide bonds. The standard InChI is InChI=1S/C17H12N2/c1-2-8-18-16(5-1)13-7-6-12-10-14-4-3-9-19-17(14)15(12)11-13/h1-9,11H,10H2. The van der Waals surface area contributed by atoms with Crippen molar-refractivity contribution in [3.8, 4) is 22.5 Å². The van der Waals surface area contributed by atoms with Crippen LogP contribution in [0, 0.1) is 0 Å². The van der Waals surface area contributed by atoms with E-state index in [0.29, 0.717) is 0 Å². The average Bonchev–Trinajstić information content (AvgIpc) is 2.86. The summed E-state index contributed by atoms with van der Waals surface area (Å²) in [6.07, 6.45) is 4.68. The smallest absolute Gasteiger partial charge is 0.0740 e. The van der Waals surface area contributed by atoms with E-state index < -0.39 is 0 Å². The van der Waals surface area contributed by atoms with Gasteiger partial charge in [-0.15, -0.1) is 0 Å². The third-order valence-electron chi connectivity index (χ3n) is 3.60. The first-order valence-electron chi connectivity index (χ1n) is 6.40. The molecular weight excluding hydrogens is 232 g/mol. The molecule has 2 heterocycles. The highest BCUT2D eigenvalue weighted by molar-refractivity contribution is 5.78. The Hall–Kier alpha value is -2.48. The van der Waals surface area contributed by atoms with Crippen LogP contribution in [0.15, 0.2) is 60.9 Å². The number of fused-ring (bicyclic) bond motifs is 3. The molecule has 0 atom stereocenters. The highest BCUT2D eigenvalue weighted by atomic mass is 14.7. The summed E-state index contributed by atoms with van der Waals surface area (Å²) in [5.74, 6) is 0. The summed E-state index contributed by atoms with van der Waals surface area (Å²) in [4.78, 5) is 8.93. The quantitative estimate of drug-likeness (QED) is 0.510. The number of nitrogens with zero attached hydrogens (tertiary/aromatic N) is 2. The van der Waals surface area contributed by atoms with Crippen LogP contribution in [0.2, 0.25) is 0 Å². The molecule has 0 spiro atoms. The topological polar surface area (TPSA) is 25.8 Å². The number of pyridine rings is 2. The van der Waals surface area contributed by atoms with Crippen LogP contribution >= 0.6 is 0 Å². The third kappa shape index (κ3) is 1.65. The van der Waals surface area contributed by atoms with Gasteiger partial charge in [0.1, 0.15) is 0 Å². The lowest BCUT2D eigenvalue weighted by Crippen LogP contribution is -1.85. The summed E-state index contributed by atoms with van der Waals surface area (Å²) in [6, 6.07) is 16.7. The maximum Gasteiger partial charge on any atom is 0.0740 e. The Morgan fingerprint density at radius 1 is 0.789 bits per heavy atom. The second kappa shape index (κ2) is 4.02. The van der Waals surface area contributed by atoms with Crippen molar-refractivity contribution in [2.24, 2.45) is 0 Å². The van der Waals surface area contributed by atoms with Gasteiger partial charge in [-0.05, 0) is 35.4 Å². The van der Waals surface area contributed by atoms with Crippen LogP contribution in [0.5, 0.6) is 0 Å². The minimum atomic E-state index is 0.987. The first-order valence-corrected chi connectivity index (χ1v) is 6.40. The lowest BCUT2D eigenvalue weighted by molar-refractivity contribution is 1.23. The molecule has 1 aliphatic rings. The van der Waals surface area contributed by atoms with Gasteiger partial charge in [-0.2, -0.15) is 0 Å². The summed E-state index contributed by atoms with van der Waals surface area (Å²) in [5, 5.41) is 0. The van der Waals surface area contributed by atoms with Gasteiger partial charge in [0.2, 0.25) is 0 Å². The molecule has 0 N–H and O–H groups in total. The van der Waals surface area contributed by atoms with Crippen molar-refractivity contribution in [3.05, 3.63) is 72.1 Å². The van der Waals surface area contributed by atoms with E-state index in [0.717, 1.165) is 23.4 Å². The van der Waals surface area contributed by atoms with Crippen molar-refractivity contribution in [2.75, 3.05) is 0 Å². The summed E-state index contributed by atoms with van der Waals surface area (Å²) in [6.45, 7) is 0. The van der Waals surface area contributed by atoms with Crippen LogP contribution in [0.1, 0.15) is 11.1 Å². The van der Waals surface area contributed by atoms with Gasteiger partial charge in [0.05, 0.1) is 11.4 Å². The second-order valence-corrected chi connectivity index (χ2v) is 4.77. The van der Waals surface area contributed by atoms with Crippen LogP contribution in [0.25, 0.3) is 22.5 Å². The molecule has 0 bridgehead atoms. The van der Waals surface area contributed by atoms with E-state index in [4.69, 9.17) is 0 Å². The molecular formula is C17H12N2. The van der Waals surface area contributed by atoms with E-state index in [9.17, 15) is 0 Å². The van der Waals surface area contributed by atoms with Gasteiger partial charge in [0.15, 0.2) is 0 Å². The summed E-state index contributed by atoms with van der Waals surface area (Å²) >= 11 is 0. The van der Waals surface area contributed by atoms with E-state index >= 15 is 0 Å². The molecule has 0 saturated heterocycles. The minimum absolute atomic E-state index is 0.987. The Balaban J connectivity index is 1.89. The van der Waals surface area contributed by atoms with E-state index in [1.54, 1.807) is 0 Å². The molecule has 2 aromatic heterocycles. The van der Waals surface area contributed by atoms with Gasteiger partial charge in [0, 0.05) is 29.9 Å². The van der Waals surface area contributed by atoms with E-state index in [1.807, 2.05) is 36.7 Å². The Kier molecular flexibility index (Phi) is 2.21. The molecule has 0 fully saturated rings. The highest BCUT2D eigenvalue weighted by Crippen LogP contribution is 2.36. The highest BCUT2D eigenvalue weighted by Gasteiger charge is 2.19. The number of hydrogen-bond donors (Lipinski definition) is 0. The fourth-order valence-corrected chi connectivity index (χ4v) is 2.67. The van der Waals surface area contributed by atoms with E-state index in [1.165, 1.54) is 16.7 Å². The van der Waals surface area contributed by atoms with Crippen molar-refractivity contribution in [1.29, 1.82) is 0 Å². The second-order valence-electron chi connectivity index (χ2n) is 4.77. The number of aromatic nitrogens is 2. The summed E-state index contributed by atoms with van der Waals surface area (Å²) in [7, 11) is 0. The van der Waals surface area contributed by atoms with E-state index in [-0.39, 0.29) is 0 Å². The maximum absolute atomic E-state index is 4.51. The summed E-state index contributed by atoms with van der Waals surface area (Å²) < 4.78 is 0. The van der Waals surface area contributed by atoms with Gasteiger partial charge in [-0.1, -0.05) is 24.3 Å². The minimum Gasteiger partial charge on any atom is -0.256 e. The molecule has 2 heteroatoms. The zero-order valence-electron chi connectivity index (χ0n) is 10.4. The van der Waals surface area contributed by atoms with Gasteiger partial charge in [0.25, 0.3) is 0 Å². The molecule has 0 aliphatic heterocycles. The molecule has 2 nitrogen and oxygen atoms in total. The Morgan fingerprint density at radius 3 is 2.63 bits per heavy atom. The van der Waals surface area contributed by atoms with Crippen molar-refractivity contribution in [1.82, 2.24) is 9.97 Å². The number of hydrogen-bond acceptors (Lipinski definition) is 2. The average molecular weight is 244 g/mol. The fourth-order valence-electron chi connectivity index (χ4n) is 2.67. The van der Waals surface area contributed by atoms with Crippen LogP contribution in [-0.4, -0.2) is 9.97 Å². The number of benzene rings is 1. The lowest BCUT2D eigenvalue weighted by atomic mass is 10.0. The van der Waals surface area contributed by atoms with Gasteiger partial charge >= 0.3 is 0 Å². The van der Waals surface area contributed by atoms with Gasteiger partial charge < -0.3 is 0 Å². The lowest BCUT2D eigenvalue weighted by Gasteiger charge is -2.04. The van der Waals surface area contributed by atoms with Gasteiger partial charge in [-0.3, -0.25) is 9.97 Å². The molecule has 0 radical (unpaired) electrons. The molecule has 3 aromatic rings. The van der Waals surface area contributed by atoms with Crippen LogP contribution in [0.4, 0.5) is 0 Å². The SMILES string of the molecule is c1ccc(-c2ccc3c(c2)-c2ncccc2C3)nc1. The van der Waals surface area contributed by atoms with E-state index in [2.05, 4.69) is 34.2 Å². The van der Waals surface area contributed by atoms with Crippen LogP contribution in [-0.2, 0) is 6.42 Å². The first-order chi connectivity index (χ1) is 9.42. The molecule has 1 aliphatic carbocycles. The predicted octanol–water partition coefficient (Wildman–Crippen LogP) is 3.71. The van der Waals surface area contributed by atoms with Crippen LogP contribution < -0.4 is 0 Å². The predicted molar refractivity (Wildman–Crippen MR) is 75.7 cm³/mol. The zero-order valence-corrected chi connectivity index (χ0v) is 10.4. The van der Waals surface area contributed by atoms with Crippen LogP contribution in [0.3, 0.4) is 0 Å². The Bertz CT molecular complexity index is 748. The third-order valence-corrected chi connectivity index (χ3v) is 3.60. The Labute approximate surface area is 111 Å². The first kappa shape index (κ1) is 10.4. The molecule has 0 saturated carbocycles. The monoisotopic (exact) mass is 244 g/mol. The zero-order chi connectivity index (χ0) is 12.7. The molecule has 4 rings (SSSR count). The van der Waals surface area contributed by atoms with Crippen molar-refractivity contribution < 1.29 is 0 Å². The normalized spacial score (nSPS) is 12.0. The molecule has 19 heavy (non-hydrogen) atoms. The van der Waals surface area contributed by atoms with Crippen molar-refractivity contribution in [2.45, 2.75) is 6.42 Å². The largest absolute Gasteiger partial charge is 0.256 e. The van der Waals surface area contributed by atoms with Gasteiger partial charge in [-0.25, -0.2) is 0 Å². The Morgan fingerprint density at radius 2 is 1.74 bits per heavy atom. The maximum atomic E-state index is 4.51. The summed E-state index contributed by atoms with van der Waals surface area (Å²) in [5.41, 5.74) is 7.20. The van der Waals surface area contributed by atoms with Crippen molar-refractivity contribution >= 4 is 0 Å². The molecule has 0 unspecified atom stereocenters. The molecule has 90 valence electrons. The van der Waals surface area contributed by atoms with Crippen molar-refractivity contribution in [3.63, 3.8) is 0 Å². The number of rotatable bonds is 1. The molecule has 1 aromatic carbocycles. The fraction of sp³-hybridized carbons (Fsp3) is 0.0588.